The third-order valence-corrected chi connectivity index (χ3v) is 8.50. The second kappa shape index (κ2) is 7.43. The lowest BCUT2D eigenvalue weighted by Gasteiger charge is -2.40. The maximum Gasteiger partial charge on any atom is 0.0178 e. The molecule has 0 saturated carbocycles. The Kier molecular flexibility index (Phi) is 5.15. The molecule has 0 heterocycles. The first kappa shape index (κ1) is 22.2. The molecule has 1 unspecified atom stereocenters. The Bertz CT molecular complexity index is 1220. The molecule has 0 amide bonds. The van der Waals surface area contributed by atoms with Crippen LogP contribution in [0.25, 0.3) is 17.2 Å². The summed E-state index contributed by atoms with van der Waals surface area (Å²) in [5, 5.41) is 0. The number of allylic oxidation sites excluding steroid dienone is 1. The zero-order valence-corrected chi connectivity index (χ0v) is 22.9. The molecule has 0 aliphatic heterocycles. The molecule has 2 heteroatoms. The predicted molar refractivity (Wildman–Crippen MR) is 144 cm³/mol. The van der Waals surface area contributed by atoms with Gasteiger partial charge in [0.05, 0.1) is 0 Å². The zero-order chi connectivity index (χ0) is 23.0. The van der Waals surface area contributed by atoms with E-state index in [2.05, 4.69) is 134 Å². The van der Waals surface area contributed by atoms with Crippen molar-refractivity contribution in [1.82, 2.24) is 0 Å². The van der Waals surface area contributed by atoms with Gasteiger partial charge in [-0.2, -0.15) is 0 Å². The number of hydrogen-bond donors (Lipinski definition) is 0. The van der Waals surface area contributed by atoms with Gasteiger partial charge in [-0.05, 0) is 81.0 Å². The SMILES string of the molecule is CC1=Cc2c(cccc2C(C)(C)C)C1C(C)(C)C1c2cc(Br)ccc2-c2ccc(Br)cc21. The average molecular weight is 550 g/mol. The minimum absolute atomic E-state index is 0.00390. The van der Waals surface area contributed by atoms with E-state index in [4.69, 9.17) is 0 Å². The Hall–Kier alpha value is -1.64. The highest BCUT2D eigenvalue weighted by Gasteiger charge is 2.47. The van der Waals surface area contributed by atoms with Gasteiger partial charge in [-0.3, -0.25) is 0 Å². The van der Waals surface area contributed by atoms with Gasteiger partial charge in [0, 0.05) is 20.8 Å². The van der Waals surface area contributed by atoms with Crippen molar-refractivity contribution in [3.05, 3.63) is 96.9 Å². The van der Waals surface area contributed by atoms with Gasteiger partial charge < -0.3 is 0 Å². The second-order valence-electron chi connectivity index (χ2n) is 11.1. The monoisotopic (exact) mass is 548 g/mol. The first-order valence-corrected chi connectivity index (χ1v) is 13.0. The first-order valence-electron chi connectivity index (χ1n) is 11.4. The molecule has 0 radical (unpaired) electrons. The Labute approximate surface area is 209 Å². The first-order chi connectivity index (χ1) is 15.0. The largest absolute Gasteiger partial charge is 0.0646 e. The Morgan fingerprint density at radius 3 is 1.78 bits per heavy atom. The highest BCUT2D eigenvalue weighted by molar-refractivity contribution is 9.10. The molecular weight excluding hydrogens is 520 g/mol. The van der Waals surface area contributed by atoms with E-state index < -0.39 is 0 Å². The third kappa shape index (κ3) is 3.29. The lowest BCUT2D eigenvalue weighted by Crippen LogP contribution is -2.30. The van der Waals surface area contributed by atoms with Crippen LogP contribution in [0.5, 0.6) is 0 Å². The quantitative estimate of drug-likeness (QED) is 0.298. The van der Waals surface area contributed by atoms with Crippen molar-refractivity contribution in [2.75, 3.05) is 0 Å². The van der Waals surface area contributed by atoms with E-state index in [1.165, 1.54) is 44.5 Å². The number of fused-ring (bicyclic) bond motifs is 4. The molecule has 0 aromatic heterocycles. The summed E-state index contributed by atoms with van der Waals surface area (Å²) in [4.78, 5) is 0. The molecule has 32 heavy (non-hydrogen) atoms. The van der Waals surface area contributed by atoms with Gasteiger partial charge in [-0.1, -0.05) is 108 Å². The molecule has 0 nitrogen and oxygen atoms in total. The van der Waals surface area contributed by atoms with Crippen LogP contribution in [0.2, 0.25) is 0 Å². The number of hydrogen-bond acceptors (Lipinski definition) is 0. The summed E-state index contributed by atoms with van der Waals surface area (Å²) in [7, 11) is 0. The van der Waals surface area contributed by atoms with Crippen LogP contribution >= 0.6 is 31.9 Å². The minimum atomic E-state index is 0.00390. The number of benzene rings is 3. The maximum atomic E-state index is 3.75. The average Bonchev–Trinajstić information content (AvgIpc) is 3.20. The highest BCUT2D eigenvalue weighted by Crippen LogP contribution is 2.61. The predicted octanol–water partition coefficient (Wildman–Crippen LogP) is 9.85. The third-order valence-electron chi connectivity index (χ3n) is 7.51. The van der Waals surface area contributed by atoms with Gasteiger partial charge in [0.1, 0.15) is 0 Å². The normalized spacial score (nSPS) is 17.8. The molecule has 0 fully saturated rings. The van der Waals surface area contributed by atoms with E-state index >= 15 is 0 Å². The van der Waals surface area contributed by atoms with Crippen molar-refractivity contribution in [2.45, 2.75) is 58.8 Å². The summed E-state index contributed by atoms with van der Waals surface area (Å²) in [6, 6.07) is 20.5. The maximum absolute atomic E-state index is 3.75. The molecule has 0 spiro atoms. The van der Waals surface area contributed by atoms with Crippen LogP contribution in [0.1, 0.15) is 81.2 Å². The second-order valence-corrected chi connectivity index (χ2v) is 12.9. The van der Waals surface area contributed by atoms with E-state index in [1.807, 2.05) is 0 Å². The Morgan fingerprint density at radius 1 is 0.688 bits per heavy atom. The molecule has 3 aromatic rings. The van der Waals surface area contributed by atoms with E-state index in [9.17, 15) is 0 Å². The van der Waals surface area contributed by atoms with Crippen LogP contribution in [-0.2, 0) is 5.41 Å². The lowest BCUT2D eigenvalue weighted by atomic mass is 9.62. The van der Waals surface area contributed by atoms with Gasteiger partial charge in [-0.15, -0.1) is 0 Å². The molecule has 2 aliphatic rings. The van der Waals surface area contributed by atoms with Crippen LogP contribution in [0.3, 0.4) is 0 Å². The number of halogens is 2. The molecule has 1 atom stereocenters. The molecular formula is C30H30Br2. The minimum Gasteiger partial charge on any atom is -0.0646 e. The van der Waals surface area contributed by atoms with Gasteiger partial charge in [0.15, 0.2) is 0 Å². The summed E-state index contributed by atoms with van der Waals surface area (Å²) in [6.07, 6.45) is 2.46. The smallest absolute Gasteiger partial charge is 0.0178 e. The summed E-state index contributed by atoms with van der Waals surface area (Å²) >= 11 is 7.50. The van der Waals surface area contributed by atoms with Crippen molar-refractivity contribution in [3.8, 4) is 11.1 Å². The molecule has 0 bridgehead atoms. The van der Waals surface area contributed by atoms with Crippen molar-refractivity contribution >= 4 is 37.9 Å². The van der Waals surface area contributed by atoms with Crippen LogP contribution in [0.15, 0.2) is 69.1 Å². The lowest BCUT2D eigenvalue weighted by molar-refractivity contribution is 0.278. The van der Waals surface area contributed by atoms with Crippen molar-refractivity contribution < 1.29 is 0 Å². The fourth-order valence-corrected chi connectivity index (χ4v) is 7.12. The van der Waals surface area contributed by atoms with Gasteiger partial charge in [0.2, 0.25) is 0 Å². The zero-order valence-electron chi connectivity index (χ0n) is 19.7. The van der Waals surface area contributed by atoms with Crippen LogP contribution < -0.4 is 0 Å². The molecule has 0 saturated heterocycles. The molecule has 164 valence electrons. The van der Waals surface area contributed by atoms with Crippen molar-refractivity contribution in [1.29, 1.82) is 0 Å². The summed E-state index contributed by atoms with van der Waals surface area (Å²) in [5.74, 6) is 0.696. The Balaban J connectivity index is 1.72. The standard InChI is InChI=1S/C30H30Br2/c1-17-14-23-22(8-7-9-26(23)29(2,3)4)27(17)30(5,6)28-24-15-18(31)10-12-20(24)21-13-11-19(32)16-25(21)28/h7-16,27-28H,1-6H3. The van der Waals surface area contributed by atoms with Crippen LogP contribution in [0.4, 0.5) is 0 Å². The molecule has 5 rings (SSSR count). The summed E-state index contributed by atoms with van der Waals surface area (Å²) in [5.41, 5.74) is 11.6. The van der Waals surface area contributed by atoms with Crippen molar-refractivity contribution in [2.24, 2.45) is 5.41 Å². The Morgan fingerprint density at radius 2 is 1.25 bits per heavy atom. The molecule has 2 aliphatic carbocycles. The summed E-state index contributed by atoms with van der Waals surface area (Å²) in [6.45, 7) is 14.2. The van der Waals surface area contributed by atoms with E-state index in [1.54, 1.807) is 0 Å². The van der Waals surface area contributed by atoms with E-state index in [-0.39, 0.29) is 10.8 Å². The fraction of sp³-hybridized carbons (Fsp3) is 0.333. The van der Waals surface area contributed by atoms with Gasteiger partial charge in [-0.25, -0.2) is 0 Å². The van der Waals surface area contributed by atoms with Gasteiger partial charge in [0.25, 0.3) is 0 Å². The molecule has 0 N–H and O–H groups in total. The van der Waals surface area contributed by atoms with E-state index in [0.717, 1.165) is 8.95 Å². The van der Waals surface area contributed by atoms with Crippen LogP contribution in [-0.4, -0.2) is 0 Å². The number of rotatable bonds is 2. The highest BCUT2D eigenvalue weighted by atomic mass is 79.9. The molecule has 3 aromatic carbocycles. The van der Waals surface area contributed by atoms with Crippen LogP contribution in [0, 0.1) is 5.41 Å². The van der Waals surface area contributed by atoms with Gasteiger partial charge >= 0.3 is 0 Å². The van der Waals surface area contributed by atoms with E-state index in [0.29, 0.717) is 11.8 Å². The fourth-order valence-electron chi connectivity index (χ4n) is 6.36. The van der Waals surface area contributed by atoms with Crippen molar-refractivity contribution in [3.63, 3.8) is 0 Å². The topological polar surface area (TPSA) is 0 Å². The summed E-state index contributed by atoms with van der Waals surface area (Å²) < 4.78 is 2.30.